The van der Waals surface area contributed by atoms with Gasteiger partial charge in [-0.2, -0.15) is 0 Å². The van der Waals surface area contributed by atoms with Crippen molar-refractivity contribution in [3.8, 4) is 11.5 Å². The van der Waals surface area contributed by atoms with Gasteiger partial charge in [-0.1, -0.05) is 37.3 Å². The van der Waals surface area contributed by atoms with Crippen LogP contribution in [-0.4, -0.2) is 36.8 Å². The van der Waals surface area contributed by atoms with Crippen LogP contribution in [0.1, 0.15) is 43.5 Å². The molecule has 1 unspecified atom stereocenters. The Bertz CT molecular complexity index is 1430. The van der Waals surface area contributed by atoms with Crippen molar-refractivity contribution in [1.29, 1.82) is 0 Å². The Morgan fingerprint density at radius 1 is 1.14 bits per heavy atom. The maximum absolute atomic E-state index is 13.0. The van der Waals surface area contributed by atoms with E-state index in [0.29, 0.717) is 34.0 Å². The number of aromatic amines is 1. The van der Waals surface area contributed by atoms with Crippen molar-refractivity contribution in [2.45, 2.75) is 39.7 Å². The number of nitrogens with zero attached hydrogens (tertiary/aromatic N) is 2. The van der Waals surface area contributed by atoms with Gasteiger partial charge in [0, 0.05) is 28.6 Å². The van der Waals surface area contributed by atoms with Crippen LogP contribution in [0.3, 0.4) is 0 Å². The highest BCUT2D eigenvalue weighted by molar-refractivity contribution is 6.12. The molecule has 0 spiro atoms. The number of aromatic nitrogens is 1. The average Bonchev–Trinajstić information content (AvgIpc) is 2.90. The summed E-state index contributed by atoms with van der Waals surface area (Å²) in [5.74, 6) is 1.96. The van der Waals surface area contributed by atoms with E-state index < -0.39 is 0 Å². The van der Waals surface area contributed by atoms with Crippen molar-refractivity contribution < 1.29 is 9.47 Å². The molecule has 0 bridgehead atoms. The minimum absolute atomic E-state index is 0.00706. The quantitative estimate of drug-likeness (QED) is 0.439. The molecule has 4 rings (SSSR count). The van der Waals surface area contributed by atoms with E-state index in [1.165, 1.54) is 0 Å². The third-order valence-corrected chi connectivity index (χ3v) is 6.32. The molecule has 1 aliphatic heterocycles. The number of allylic oxidation sites excluding steroid dienone is 4. The molecule has 1 N–H and O–H groups in total. The number of fused-ring (bicyclic) bond motifs is 1. The summed E-state index contributed by atoms with van der Waals surface area (Å²) in [5, 5.41) is 0.675. The summed E-state index contributed by atoms with van der Waals surface area (Å²) < 4.78 is 10.8. The van der Waals surface area contributed by atoms with Crippen LogP contribution in [0.2, 0.25) is 0 Å². The number of rotatable bonds is 7. The van der Waals surface area contributed by atoms with E-state index in [-0.39, 0.29) is 11.5 Å². The molecule has 0 amide bonds. The number of pyridine rings is 1. The fourth-order valence-corrected chi connectivity index (χ4v) is 4.25. The smallest absolute Gasteiger partial charge is 0.193 e. The minimum atomic E-state index is 0.00706. The molecule has 35 heavy (non-hydrogen) atoms. The molecule has 6 nitrogen and oxygen atoms in total. The Kier molecular flexibility index (Phi) is 7.30. The number of aliphatic imine (C=N–C) groups is 2. The Balaban J connectivity index is 1.70. The molecular weight excluding hydrogens is 438 g/mol. The number of benzene rings is 2. The van der Waals surface area contributed by atoms with Gasteiger partial charge in [0.2, 0.25) is 0 Å². The Labute approximate surface area is 205 Å². The van der Waals surface area contributed by atoms with Crippen LogP contribution in [0, 0.1) is 6.92 Å². The molecule has 180 valence electrons. The lowest BCUT2D eigenvalue weighted by molar-refractivity contribution is 0.355. The third-order valence-electron chi connectivity index (χ3n) is 6.32. The largest absolute Gasteiger partial charge is 0.493 e. The van der Waals surface area contributed by atoms with E-state index in [4.69, 9.17) is 19.5 Å². The Hall–Kier alpha value is -3.93. The SMILES string of the molecule is C/C=C(\C=C/C1=NC(c2[nH]c3ccccc3c(=O)c2C)=NC(CC)C1)c1ccc(OC)c(OC)c1. The van der Waals surface area contributed by atoms with Crippen molar-refractivity contribution in [2.75, 3.05) is 14.2 Å². The highest BCUT2D eigenvalue weighted by Crippen LogP contribution is 2.31. The molecule has 0 aliphatic carbocycles. The minimum Gasteiger partial charge on any atom is -0.493 e. The second-order valence-corrected chi connectivity index (χ2v) is 8.47. The van der Waals surface area contributed by atoms with E-state index in [9.17, 15) is 4.79 Å². The fourth-order valence-electron chi connectivity index (χ4n) is 4.25. The highest BCUT2D eigenvalue weighted by atomic mass is 16.5. The van der Waals surface area contributed by atoms with E-state index in [2.05, 4.69) is 24.1 Å². The topological polar surface area (TPSA) is 76.0 Å². The molecule has 0 radical (unpaired) electrons. The van der Waals surface area contributed by atoms with Crippen LogP contribution in [0.25, 0.3) is 16.5 Å². The molecule has 0 saturated heterocycles. The Morgan fingerprint density at radius 3 is 2.63 bits per heavy atom. The van der Waals surface area contributed by atoms with Gasteiger partial charge in [0.25, 0.3) is 0 Å². The van der Waals surface area contributed by atoms with Crippen molar-refractivity contribution >= 4 is 28.0 Å². The number of hydrogen-bond acceptors (Lipinski definition) is 5. The van der Waals surface area contributed by atoms with Gasteiger partial charge in [0.15, 0.2) is 22.8 Å². The lowest BCUT2D eigenvalue weighted by Gasteiger charge is -2.19. The number of H-pyrrole nitrogens is 1. The molecule has 1 aromatic heterocycles. The second kappa shape index (κ2) is 10.6. The average molecular weight is 470 g/mol. The van der Waals surface area contributed by atoms with Crippen LogP contribution < -0.4 is 14.9 Å². The van der Waals surface area contributed by atoms with Gasteiger partial charge >= 0.3 is 0 Å². The second-order valence-electron chi connectivity index (χ2n) is 8.47. The molecule has 3 aromatic rings. The lowest BCUT2D eigenvalue weighted by atomic mass is 10.0. The van der Waals surface area contributed by atoms with Gasteiger partial charge in [-0.3, -0.25) is 9.79 Å². The summed E-state index contributed by atoms with van der Waals surface area (Å²) in [5.41, 5.74) is 5.10. The van der Waals surface area contributed by atoms with Crippen LogP contribution >= 0.6 is 0 Å². The number of amidine groups is 1. The number of methoxy groups -OCH3 is 2. The third kappa shape index (κ3) is 4.97. The van der Waals surface area contributed by atoms with E-state index in [1.807, 2.05) is 62.4 Å². The van der Waals surface area contributed by atoms with E-state index >= 15 is 0 Å². The number of nitrogens with one attached hydrogen (secondary N) is 1. The summed E-state index contributed by atoms with van der Waals surface area (Å²) >= 11 is 0. The first-order valence-corrected chi connectivity index (χ1v) is 11.8. The van der Waals surface area contributed by atoms with Crippen LogP contribution in [-0.2, 0) is 0 Å². The van der Waals surface area contributed by atoms with Gasteiger partial charge in [-0.25, -0.2) is 4.99 Å². The maximum atomic E-state index is 13.0. The summed E-state index contributed by atoms with van der Waals surface area (Å²) in [4.78, 5) is 26.1. The zero-order valence-corrected chi connectivity index (χ0v) is 20.9. The monoisotopic (exact) mass is 469 g/mol. The summed E-state index contributed by atoms with van der Waals surface area (Å²) in [6.07, 6.45) is 7.79. The molecule has 0 fully saturated rings. The first-order valence-electron chi connectivity index (χ1n) is 11.8. The van der Waals surface area contributed by atoms with Crippen LogP contribution in [0.4, 0.5) is 0 Å². The molecule has 2 heterocycles. The first kappa shape index (κ1) is 24.2. The summed E-state index contributed by atoms with van der Waals surface area (Å²) in [6, 6.07) is 13.5. The predicted molar refractivity (Wildman–Crippen MR) is 144 cm³/mol. The normalized spacial score (nSPS) is 16.4. The van der Waals surface area contributed by atoms with Gasteiger partial charge in [0.05, 0.1) is 26.0 Å². The molecular formula is C29H31N3O3. The molecule has 1 atom stereocenters. The van der Waals surface area contributed by atoms with Crippen molar-refractivity contribution in [3.05, 3.63) is 87.7 Å². The van der Waals surface area contributed by atoms with Gasteiger partial charge in [-0.15, -0.1) is 0 Å². The zero-order chi connectivity index (χ0) is 24.9. The van der Waals surface area contributed by atoms with Gasteiger partial charge in [0.1, 0.15) is 0 Å². The molecule has 0 saturated carbocycles. The summed E-state index contributed by atoms with van der Waals surface area (Å²) in [7, 11) is 3.26. The zero-order valence-electron chi connectivity index (χ0n) is 20.9. The fraction of sp³-hybridized carbons (Fsp3) is 0.276. The number of para-hydroxylation sites is 1. The van der Waals surface area contributed by atoms with Crippen molar-refractivity contribution in [3.63, 3.8) is 0 Å². The molecule has 1 aliphatic rings. The summed E-state index contributed by atoms with van der Waals surface area (Å²) in [6.45, 7) is 5.96. The molecule has 6 heteroatoms. The Morgan fingerprint density at radius 2 is 1.91 bits per heavy atom. The standard InChI is InChI=1S/C29H31N3O3/c1-6-19(20-13-15-25(34-4)26(16-20)35-5)12-14-22-17-21(7-2)30-29(31-22)27-18(3)28(33)23-10-8-9-11-24(23)32-27/h6,8-16,21H,7,17H2,1-5H3,(H,32,33)/b14-12-,19-6+. The lowest BCUT2D eigenvalue weighted by Crippen LogP contribution is -2.23. The predicted octanol–water partition coefficient (Wildman–Crippen LogP) is 5.88. The van der Waals surface area contributed by atoms with E-state index in [0.717, 1.165) is 35.2 Å². The van der Waals surface area contributed by atoms with Crippen molar-refractivity contribution in [2.24, 2.45) is 9.98 Å². The van der Waals surface area contributed by atoms with Gasteiger partial charge in [-0.05, 0) is 61.7 Å². The maximum Gasteiger partial charge on any atom is 0.193 e. The molecule has 2 aromatic carbocycles. The van der Waals surface area contributed by atoms with Crippen LogP contribution in [0.5, 0.6) is 11.5 Å². The van der Waals surface area contributed by atoms with Crippen molar-refractivity contribution in [1.82, 2.24) is 4.98 Å². The van der Waals surface area contributed by atoms with E-state index in [1.54, 1.807) is 14.2 Å². The first-order chi connectivity index (χ1) is 17.0. The number of hydrogen-bond donors (Lipinski definition) is 1. The van der Waals surface area contributed by atoms with Crippen LogP contribution in [0.15, 0.2) is 75.5 Å². The highest BCUT2D eigenvalue weighted by Gasteiger charge is 2.20. The van der Waals surface area contributed by atoms with Gasteiger partial charge < -0.3 is 14.5 Å². The number of ether oxygens (including phenoxy) is 2.